The highest BCUT2D eigenvalue weighted by Crippen LogP contribution is 2.30. The number of aromatic nitrogens is 2. The smallest absolute Gasteiger partial charge is 0.420 e. The van der Waals surface area contributed by atoms with Crippen LogP contribution < -0.4 is 4.74 Å². The molecule has 3 heterocycles. The van der Waals surface area contributed by atoms with E-state index in [4.69, 9.17) is 9.47 Å². The van der Waals surface area contributed by atoms with E-state index in [1.807, 2.05) is 23.6 Å². The Morgan fingerprint density at radius 3 is 2.45 bits per heavy atom. The maximum atomic E-state index is 13.3. The number of benzene rings is 1. The van der Waals surface area contributed by atoms with Crippen molar-refractivity contribution in [2.75, 3.05) is 7.11 Å². The van der Waals surface area contributed by atoms with Crippen molar-refractivity contribution in [3.8, 4) is 16.2 Å². The van der Waals surface area contributed by atoms with Gasteiger partial charge in [0.15, 0.2) is 5.78 Å². The molecule has 0 amide bonds. The number of nitrogens with zero attached hydrogens (tertiary/aromatic N) is 2. The number of pyridine rings is 1. The molecule has 0 spiro atoms. The van der Waals surface area contributed by atoms with Gasteiger partial charge < -0.3 is 9.47 Å². The zero-order valence-electron chi connectivity index (χ0n) is 17.7. The summed E-state index contributed by atoms with van der Waals surface area (Å²) in [5.41, 5.74) is 1.47. The summed E-state index contributed by atoms with van der Waals surface area (Å²) in [5.74, 6) is 0.453. The van der Waals surface area contributed by atoms with E-state index in [0.29, 0.717) is 27.9 Å². The van der Waals surface area contributed by atoms with E-state index >= 15 is 0 Å². The molecule has 31 heavy (non-hydrogen) atoms. The Labute approximate surface area is 184 Å². The first-order valence-corrected chi connectivity index (χ1v) is 10.6. The minimum atomic E-state index is -0.676. The molecule has 0 radical (unpaired) electrons. The van der Waals surface area contributed by atoms with E-state index in [9.17, 15) is 9.59 Å². The molecule has 1 aromatic carbocycles. The monoisotopic (exact) mass is 434 g/mol. The quantitative estimate of drug-likeness (QED) is 0.380. The topological polar surface area (TPSA) is 70.4 Å². The van der Waals surface area contributed by atoms with Crippen LogP contribution in [0, 0.1) is 0 Å². The fraction of sp³-hybridized carbons (Fsp3) is 0.208. The highest BCUT2D eigenvalue weighted by atomic mass is 32.1. The summed E-state index contributed by atoms with van der Waals surface area (Å²) in [6.45, 7) is 5.38. The van der Waals surface area contributed by atoms with Crippen molar-refractivity contribution in [2.24, 2.45) is 0 Å². The van der Waals surface area contributed by atoms with Gasteiger partial charge in [0.05, 0.1) is 12.7 Å². The Morgan fingerprint density at radius 2 is 1.84 bits per heavy atom. The second kappa shape index (κ2) is 8.00. The molecule has 0 atom stereocenters. The van der Waals surface area contributed by atoms with Crippen LogP contribution in [0.15, 0.2) is 60.2 Å². The van der Waals surface area contributed by atoms with Crippen LogP contribution in [0.25, 0.3) is 21.5 Å². The summed E-state index contributed by atoms with van der Waals surface area (Å²) in [7, 11) is 1.57. The Bertz CT molecular complexity index is 1250. The average molecular weight is 435 g/mol. The Morgan fingerprint density at radius 1 is 1.10 bits per heavy atom. The van der Waals surface area contributed by atoms with Gasteiger partial charge in [0.2, 0.25) is 0 Å². The fourth-order valence-electron chi connectivity index (χ4n) is 3.21. The van der Waals surface area contributed by atoms with Gasteiger partial charge in [-0.2, -0.15) is 0 Å². The van der Waals surface area contributed by atoms with E-state index in [1.165, 1.54) is 10.8 Å². The Kier molecular flexibility index (Phi) is 5.37. The summed E-state index contributed by atoms with van der Waals surface area (Å²) >= 11 is 1.58. The van der Waals surface area contributed by atoms with Gasteiger partial charge in [-0.05, 0) is 62.5 Å². The highest BCUT2D eigenvalue weighted by Gasteiger charge is 2.24. The van der Waals surface area contributed by atoms with Gasteiger partial charge in [0.1, 0.15) is 17.0 Å². The molecule has 158 valence electrons. The lowest BCUT2D eigenvalue weighted by Crippen LogP contribution is -2.26. The third kappa shape index (κ3) is 4.22. The van der Waals surface area contributed by atoms with Crippen LogP contribution in [0.4, 0.5) is 4.79 Å². The number of hydrogen-bond donors (Lipinski definition) is 0. The lowest BCUT2D eigenvalue weighted by atomic mass is 10.0. The van der Waals surface area contributed by atoms with Gasteiger partial charge in [0.25, 0.3) is 0 Å². The molecule has 4 aromatic rings. The summed E-state index contributed by atoms with van der Waals surface area (Å²) in [6, 6.07) is 12.7. The number of fused-ring (bicyclic) bond motifs is 1. The van der Waals surface area contributed by atoms with Crippen LogP contribution in [-0.4, -0.2) is 34.1 Å². The summed E-state index contributed by atoms with van der Waals surface area (Å²) in [6.07, 6.45) is 2.63. The molecule has 7 heteroatoms. The molecule has 0 aliphatic carbocycles. The van der Waals surface area contributed by atoms with Crippen LogP contribution >= 0.6 is 11.3 Å². The number of ether oxygens (including phenoxy) is 2. The molecule has 0 aliphatic heterocycles. The number of methoxy groups -OCH3 is 1. The van der Waals surface area contributed by atoms with Gasteiger partial charge in [-0.15, -0.1) is 11.3 Å². The third-order valence-corrected chi connectivity index (χ3v) is 5.55. The Hall–Kier alpha value is -3.45. The molecule has 6 nitrogen and oxygen atoms in total. The third-order valence-electron chi connectivity index (χ3n) is 4.64. The van der Waals surface area contributed by atoms with Crippen LogP contribution in [0.5, 0.6) is 5.75 Å². The molecule has 3 aromatic heterocycles. The van der Waals surface area contributed by atoms with Crippen molar-refractivity contribution in [2.45, 2.75) is 26.4 Å². The summed E-state index contributed by atoms with van der Waals surface area (Å²) in [5, 5.41) is 2.58. The fourth-order valence-corrected chi connectivity index (χ4v) is 3.92. The van der Waals surface area contributed by atoms with Crippen LogP contribution in [0.1, 0.15) is 36.7 Å². The number of thiophene rings is 1. The van der Waals surface area contributed by atoms with Crippen molar-refractivity contribution in [3.63, 3.8) is 0 Å². The van der Waals surface area contributed by atoms with Crippen LogP contribution in [0.3, 0.4) is 0 Å². The van der Waals surface area contributed by atoms with Crippen LogP contribution in [-0.2, 0) is 4.74 Å². The second-order valence-electron chi connectivity index (χ2n) is 8.02. The summed E-state index contributed by atoms with van der Waals surface area (Å²) in [4.78, 5) is 31.7. The van der Waals surface area contributed by atoms with Crippen molar-refractivity contribution in [3.05, 3.63) is 71.4 Å². The van der Waals surface area contributed by atoms with E-state index in [2.05, 4.69) is 4.98 Å². The predicted molar refractivity (Wildman–Crippen MR) is 121 cm³/mol. The van der Waals surface area contributed by atoms with Gasteiger partial charge >= 0.3 is 6.09 Å². The van der Waals surface area contributed by atoms with Gasteiger partial charge in [-0.3, -0.25) is 4.79 Å². The van der Waals surface area contributed by atoms with Crippen LogP contribution in [0.2, 0.25) is 0 Å². The standard InChI is InChI=1S/C24H22N2O4S/c1-24(2,3)30-23(28)26-14-19(21(27)15-7-9-17(29-4)10-8-15)18-12-16(13-25-22(18)26)20-6-5-11-31-20/h5-14H,1-4H3. The maximum absolute atomic E-state index is 13.3. The lowest BCUT2D eigenvalue weighted by molar-refractivity contribution is 0.0543. The molecule has 0 aliphatic rings. The SMILES string of the molecule is COc1ccc(C(=O)c2cn(C(=O)OC(C)(C)C)c3ncc(-c4cccs4)cc23)cc1. The second-order valence-corrected chi connectivity index (χ2v) is 8.97. The molecule has 0 fully saturated rings. The highest BCUT2D eigenvalue weighted by molar-refractivity contribution is 7.13. The van der Waals surface area contributed by atoms with E-state index in [1.54, 1.807) is 69.7 Å². The molecule has 4 rings (SSSR count). The van der Waals surface area contributed by atoms with Crippen molar-refractivity contribution in [1.82, 2.24) is 9.55 Å². The lowest BCUT2D eigenvalue weighted by Gasteiger charge is -2.19. The van der Waals surface area contributed by atoms with E-state index in [0.717, 1.165) is 10.4 Å². The van der Waals surface area contributed by atoms with E-state index in [-0.39, 0.29) is 5.78 Å². The van der Waals surface area contributed by atoms with Crippen molar-refractivity contribution in [1.29, 1.82) is 0 Å². The Balaban J connectivity index is 1.86. The first-order chi connectivity index (χ1) is 14.8. The summed E-state index contributed by atoms with van der Waals surface area (Å²) < 4.78 is 12.0. The zero-order valence-corrected chi connectivity index (χ0v) is 18.5. The maximum Gasteiger partial charge on any atom is 0.420 e. The number of carbonyl (C=O) groups excluding carboxylic acids is 2. The average Bonchev–Trinajstić information content (AvgIpc) is 3.40. The first kappa shape index (κ1) is 20.8. The molecule has 0 saturated carbocycles. The first-order valence-electron chi connectivity index (χ1n) is 9.74. The molecular formula is C24H22N2O4S. The normalized spacial score (nSPS) is 11.5. The molecule has 0 saturated heterocycles. The van der Waals surface area contributed by atoms with E-state index < -0.39 is 11.7 Å². The molecule has 0 N–H and O–H groups in total. The van der Waals surface area contributed by atoms with Gasteiger partial charge in [-0.25, -0.2) is 14.3 Å². The zero-order chi connectivity index (χ0) is 22.2. The minimum absolute atomic E-state index is 0.208. The molecule has 0 unspecified atom stereocenters. The van der Waals surface area contributed by atoms with Gasteiger partial charge in [-0.1, -0.05) is 6.07 Å². The predicted octanol–water partition coefficient (Wildman–Crippen LogP) is 5.79. The number of hydrogen-bond acceptors (Lipinski definition) is 6. The van der Waals surface area contributed by atoms with Crippen molar-refractivity contribution >= 4 is 34.2 Å². The number of rotatable bonds is 4. The minimum Gasteiger partial charge on any atom is -0.497 e. The number of carbonyl (C=O) groups is 2. The van der Waals surface area contributed by atoms with Crippen molar-refractivity contribution < 1.29 is 19.1 Å². The molecular weight excluding hydrogens is 412 g/mol. The van der Waals surface area contributed by atoms with Gasteiger partial charge in [0, 0.05) is 33.8 Å². The largest absolute Gasteiger partial charge is 0.497 e. The molecule has 0 bridgehead atoms. The number of ketones is 1.